The number of hydrogen-bond donors (Lipinski definition) is 2. The molecule has 6 nitrogen and oxygen atoms in total. The average Bonchev–Trinajstić information content (AvgIpc) is 2.65. The highest BCUT2D eigenvalue weighted by Gasteiger charge is 2.23. The van der Waals surface area contributed by atoms with Crippen LogP contribution < -0.4 is 11.1 Å². The van der Waals surface area contributed by atoms with E-state index in [9.17, 15) is 4.79 Å². The third-order valence-corrected chi connectivity index (χ3v) is 4.40. The van der Waals surface area contributed by atoms with Crippen LogP contribution in [0, 0.1) is 0 Å². The molecule has 1 saturated heterocycles. The standard InChI is InChI=1S/C13H23N5OS/c1-3-5-15-13-16-11(14)10(20-13)12(19)18-7-4-6-17(2)8-9-18/h3-9,14H2,1-2H3,(H,15,16). The second kappa shape index (κ2) is 6.90. The minimum absolute atomic E-state index is 0.0137. The molecule has 7 heteroatoms. The molecule has 1 aromatic heterocycles. The lowest BCUT2D eigenvalue weighted by molar-refractivity contribution is 0.0768. The van der Waals surface area contributed by atoms with Gasteiger partial charge in [0.25, 0.3) is 5.91 Å². The number of nitrogens with two attached hydrogens (primary N) is 1. The van der Waals surface area contributed by atoms with Crippen molar-refractivity contribution in [3.63, 3.8) is 0 Å². The minimum Gasteiger partial charge on any atom is -0.382 e. The van der Waals surface area contributed by atoms with E-state index in [0.29, 0.717) is 10.7 Å². The number of carbonyl (C=O) groups excluding carboxylic acids is 1. The Morgan fingerprint density at radius 2 is 2.20 bits per heavy atom. The summed E-state index contributed by atoms with van der Waals surface area (Å²) in [5, 5.41) is 3.92. The molecule has 0 radical (unpaired) electrons. The molecule has 3 N–H and O–H groups in total. The minimum atomic E-state index is 0.0137. The summed E-state index contributed by atoms with van der Waals surface area (Å²) in [6.45, 7) is 6.41. The van der Waals surface area contributed by atoms with Gasteiger partial charge in [-0.3, -0.25) is 4.79 Å². The predicted octanol–water partition coefficient (Wildman–Crippen LogP) is 1.32. The molecule has 1 amide bonds. The Labute approximate surface area is 124 Å². The van der Waals surface area contributed by atoms with Crippen molar-refractivity contribution < 1.29 is 4.79 Å². The van der Waals surface area contributed by atoms with Crippen LogP contribution >= 0.6 is 11.3 Å². The molecule has 0 aliphatic carbocycles. The molecule has 0 saturated carbocycles. The lowest BCUT2D eigenvalue weighted by Gasteiger charge is -2.19. The zero-order chi connectivity index (χ0) is 14.5. The van der Waals surface area contributed by atoms with Crippen LogP contribution in [0.25, 0.3) is 0 Å². The van der Waals surface area contributed by atoms with Gasteiger partial charge in [-0.15, -0.1) is 0 Å². The molecule has 1 aliphatic heterocycles. The maximum Gasteiger partial charge on any atom is 0.267 e. The highest BCUT2D eigenvalue weighted by molar-refractivity contribution is 7.18. The van der Waals surface area contributed by atoms with Gasteiger partial charge in [0.1, 0.15) is 10.7 Å². The zero-order valence-corrected chi connectivity index (χ0v) is 13.0. The molecule has 0 atom stereocenters. The summed E-state index contributed by atoms with van der Waals surface area (Å²) >= 11 is 1.36. The van der Waals surface area contributed by atoms with Gasteiger partial charge in [-0.05, 0) is 26.4 Å². The molecular formula is C13H23N5OS. The van der Waals surface area contributed by atoms with Crippen molar-refractivity contribution in [3.05, 3.63) is 4.88 Å². The summed E-state index contributed by atoms with van der Waals surface area (Å²) in [5.74, 6) is 0.357. The van der Waals surface area contributed by atoms with Gasteiger partial charge in [0.05, 0.1) is 0 Å². The third kappa shape index (κ3) is 3.61. The molecule has 0 aromatic carbocycles. The Morgan fingerprint density at radius 3 is 2.95 bits per heavy atom. The molecule has 2 rings (SSSR count). The average molecular weight is 297 g/mol. The number of carbonyl (C=O) groups is 1. The highest BCUT2D eigenvalue weighted by Crippen LogP contribution is 2.26. The fourth-order valence-electron chi connectivity index (χ4n) is 2.19. The first kappa shape index (κ1) is 15.1. The van der Waals surface area contributed by atoms with Crippen molar-refractivity contribution in [2.75, 3.05) is 50.8 Å². The van der Waals surface area contributed by atoms with Crippen LogP contribution in [-0.4, -0.2) is 60.5 Å². The summed E-state index contributed by atoms with van der Waals surface area (Å²) < 4.78 is 0. The van der Waals surface area contributed by atoms with Crippen LogP contribution in [0.15, 0.2) is 0 Å². The quantitative estimate of drug-likeness (QED) is 0.877. The van der Waals surface area contributed by atoms with Crippen molar-refractivity contribution in [1.29, 1.82) is 0 Å². The van der Waals surface area contributed by atoms with E-state index in [1.165, 1.54) is 11.3 Å². The summed E-state index contributed by atoms with van der Waals surface area (Å²) in [6, 6.07) is 0. The molecule has 112 valence electrons. The molecule has 0 unspecified atom stereocenters. The topological polar surface area (TPSA) is 74.5 Å². The van der Waals surface area contributed by atoms with E-state index in [1.54, 1.807) is 0 Å². The van der Waals surface area contributed by atoms with Crippen LogP contribution in [0.5, 0.6) is 0 Å². The summed E-state index contributed by atoms with van der Waals surface area (Å²) in [5.41, 5.74) is 5.89. The van der Waals surface area contributed by atoms with E-state index < -0.39 is 0 Å². The van der Waals surface area contributed by atoms with E-state index in [-0.39, 0.29) is 5.91 Å². The Morgan fingerprint density at radius 1 is 1.40 bits per heavy atom. The van der Waals surface area contributed by atoms with Crippen molar-refractivity contribution in [2.24, 2.45) is 0 Å². The molecule has 2 heterocycles. The molecule has 1 aromatic rings. The highest BCUT2D eigenvalue weighted by atomic mass is 32.1. The SMILES string of the molecule is CCCNc1nc(N)c(C(=O)N2CCCN(C)CC2)s1. The Hall–Kier alpha value is -1.34. The second-order valence-corrected chi connectivity index (χ2v) is 6.11. The molecule has 1 aliphatic rings. The fraction of sp³-hybridized carbons (Fsp3) is 0.692. The molecular weight excluding hydrogens is 274 g/mol. The van der Waals surface area contributed by atoms with Gasteiger partial charge in [0.2, 0.25) is 0 Å². The van der Waals surface area contributed by atoms with Crippen LogP contribution in [0.3, 0.4) is 0 Å². The van der Waals surface area contributed by atoms with Gasteiger partial charge < -0.3 is 20.9 Å². The van der Waals surface area contributed by atoms with E-state index in [4.69, 9.17) is 5.73 Å². The first-order valence-corrected chi connectivity index (χ1v) is 7.91. The number of hydrogen-bond acceptors (Lipinski definition) is 6. The van der Waals surface area contributed by atoms with Gasteiger partial charge in [-0.2, -0.15) is 0 Å². The van der Waals surface area contributed by atoms with Crippen LogP contribution in [0.4, 0.5) is 10.9 Å². The van der Waals surface area contributed by atoms with Crippen LogP contribution in [0.2, 0.25) is 0 Å². The number of rotatable bonds is 4. The summed E-state index contributed by atoms with van der Waals surface area (Å²) in [6.07, 6.45) is 2.02. The molecule has 1 fully saturated rings. The number of nitrogens with zero attached hydrogens (tertiary/aromatic N) is 3. The largest absolute Gasteiger partial charge is 0.382 e. The number of likely N-dealkylation sites (N-methyl/N-ethyl adjacent to an activating group) is 1. The van der Waals surface area contributed by atoms with Gasteiger partial charge >= 0.3 is 0 Å². The first-order valence-electron chi connectivity index (χ1n) is 7.09. The van der Waals surface area contributed by atoms with E-state index in [2.05, 4.69) is 29.2 Å². The maximum absolute atomic E-state index is 12.5. The molecule has 20 heavy (non-hydrogen) atoms. The Bertz CT molecular complexity index is 462. The molecule has 0 bridgehead atoms. The first-order chi connectivity index (χ1) is 9.61. The summed E-state index contributed by atoms with van der Waals surface area (Å²) in [4.78, 5) is 21.5. The lowest BCUT2D eigenvalue weighted by atomic mass is 10.3. The maximum atomic E-state index is 12.5. The predicted molar refractivity (Wildman–Crippen MR) is 83.3 cm³/mol. The number of amides is 1. The van der Waals surface area contributed by atoms with Gasteiger partial charge in [0.15, 0.2) is 5.13 Å². The van der Waals surface area contributed by atoms with Crippen molar-refractivity contribution in [1.82, 2.24) is 14.8 Å². The van der Waals surface area contributed by atoms with Gasteiger partial charge in [0, 0.05) is 26.2 Å². The van der Waals surface area contributed by atoms with Crippen LogP contribution in [-0.2, 0) is 0 Å². The number of thiazole rings is 1. The Kier molecular flexibility index (Phi) is 5.19. The number of aromatic nitrogens is 1. The monoisotopic (exact) mass is 297 g/mol. The summed E-state index contributed by atoms with van der Waals surface area (Å²) in [7, 11) is 2.09. The van der Waals surface area contributed by atoms with E-state index in [0.717, 1.165) is 50.7 Å². The van der Waals surface area contributed by atoms with E-state index >= 15 is 0 Å². The smallest absolute Gasteiger partial charge is 0.267 e. The fourth-order valence-corrected chi connectivity index (χ4v) is 3.06. The van der Waals surface area contributed by atoms with Gasteiger partial charge in [-0.25, -0.2) is 4.98 Å². The molecule has 0 spiro atoms. The van der Waals surface area contributed by atoms with Gasteiger partial charge in [-0.1, -0.05) is 18.3 Å². The van der Waals surface area contributed by atoms with E-state index in [1.807, 2.05) is 4.90 Å². The zero-order valence-electron chi connectivity index (χ0n) is 12.2. The number of nitrogens with one attached hydrogen (secondary N) is 1. The second-order valence-electron chi connectivity index (χ2n) is 5.11. The van der Waals surface area contributed by atoms with Crippen molar-refractivity contribution in [3.8, 4) is 0 Å². The third-order valence-electron chi connectivity index (χ3n) is 3.38. The number of nitrogen functional groups attached to an aromatic ring is 1. The normalized spacial score (nSPS) is 17.0. The van der Waals surface area contributed by atoms with Crippen LogP contribution in [0.1, 0.15) is 29.4 Å². The lowest BCUT2D eigenvalue weighted by Crippen LogP contribution is -2.34. The van der Waals surface area contributed by atoms with Crippen molar-refractivity contribution in [2.45, 2.75) is 19.8 Å². The van der Waals surface area contributed by atoms with Crippen molar-refractivity contribution >= 4 is 28.2 Å². The number of anilines is 2. The Balaban J connectivity index is 2.06.